The fourth-order valence-electron chi connectivity index (χ4n) is 2.09. The number of amides is 1. The largest absolute Gasteiger partial charge is 0.368 e. The monoisotopic (exact) mass is 292 g/mol. The van der Waals surface area contributed by atoms with Crippen molar-refractivity contribution in [3.05, 3.63) is 29.4 Å². The Labute approximate surface area is 122 Å². The van der Waals surface area contributed by atoms with Crippen molar-refractivity contribution in [3.8, 4) is 0 Å². The normalized spacial score (nSPS) is 10.7. The number of hydrogen-bond acceptors (Lipinski definition) is 4. The van der Waals surface area contributed by atoms with Crippen LogP contribution in [0.5, 0.6) is 0 Å². The number of carbonyl (C=O) groups is 1. The molecule has 0 atom stereocenters. The van der Waals surface area contributed by atoms with Crippen LogP contribution < -0.4 is 10.6 Å². The SMILES string of the molecule is CCCCN(CC(N)=O)c1nnc(Cl)c2ccccc12. The van der Waals surface area contributed by atoms with Gasteiger partial charge in [0.05, 0.1) is 6.54 Å². The first-order valence-corrected chi connectivity index (χ1v) is 6.95. The second kappa shape index (κ2) is 6.52. The molecule has 0 aliphatic heterocycles. The van der Waals surface area contributed by atoms with Gasteiger partial charge >= 0.3 is 0 Å². The maximum atomic E-state index is 11.3. The highest BCUT2D eigenvalue weighted by atomic mass is 35.5. The second-order valence-electron chi connectivity index (χ2n) is 4.60. The highest BCUT2D eigenvalue weighted by Crippen LogP contribution is 2.28. The number of unbranched alkanes of at least 4 members (excludes halogenated alkanes) is 1. The van der Waals surface area contributed by atoms with Crippen LogP contribution in [0.3, 0.4) is 0 Å². The molecule has 0 fully saturated rings. The minimum atomic E-state index is -0.387. The van der Waals surface area contributed by atoms with Crippen LogP contribution in [0.25, 0.3) is 10.8 Å². The Kier molecular flexibility index (Phi) is 4.74. The first-order chi connectivity index (χ1) is 9.63. The molecule has 2 N–H and O–H groups in total. The molecule has 6 heteroatoms. The summed E-state index contributed by atoms with van der Waals surface area (Å²) in [7, 11) is 0. The van der Waals surface area contributed by atoms with E-state index in [0.717, 1.165) is 23.6 Å². The first-order valence-electron chi connectivity index (χ1n) is 6.57. The predicted octanol–water partition coefficient (Wildman–Crippen LogP) is 2.38. The maximum absolute atomic E-state index is 11.3. The summed E-state index contributed by atoms with van der Waals surface area (Å²) < 4.78 is 0. The molecule has 0 aliphatic rings. The number of rotatable bonds is 6. The number of primary amides is 1. The van der Waals surface area contributed by atoms with E-state index in [9.17, 15) is 4.79 Å². The van der Waals surface area contributed by atoms with Crippen molar-refractivity contribution in [1.29, 1.82) is 0 Å². The lowest BCUT2D eigenvalue weighted by Crippen LogP contribution is -2.35. The lowest BCUT2D eigenvalue weighted by Gasteiger charge is -2.22. The average Bonchev–Trinajstić information content (AvgIpc) is 2.44. The molecule has 5 nitrogen and oxygen atoms in total. The van der Waals surface area contributed by atoms with Gasteiger partial charge in [-0.1, -0.05) is 49.2 Å². The zero-order valence-electron chi connectivity index (χ0n) is 11.3. The number of anilines is 1. The summed E-state index contributed by atoms with van der Waals surface area (Å²) in [4.78, 5) is 13.1. The number of aromatic nitrogens is 2. The summed E-state index contributed by atoms with van der Waals surface area (Å²) in [5, 5.41) is 10.2. The van der Waals surface area contributed by atoms with E-state index in [2.05, 4.69) is 17.1 Å². The smallest absolute Gasteiger partial charge is 0.236 e. The molecule has 0 radical (unpaired) electrons. The van der Waals surface area contributed by atoms with Crippen LogP contribution in [-0.2, 0) is 4.79 Å². The summed E-state index contributed by atoms with van der Waals surface area (Å²) in [6, 6.07) is 7.61. The third kappa shape index (κ3) is 3.17. The van der Waals surface area contributed by atoms with Gasteiger partial charge in [0.15, 0.2) is 11.0 Å². The summed E-state index contributed by atoms with van der Waals surface area (Å²) in [5.41, 5.74) is 5.32. The van der Waals surface area contributed by atoms with Crippen molar-refractivity contribution in [3.63, 3.8) is 0 Å². The Morgan fingerprint density at radius 1 is 1.30 bits per heavy atom. The molecule has 106 valence electrons. The van der Waals surface area contributed by atoms with Gasteiger partial charge in [-0.15, -0.1) is 10.2 Å². The average molecular weight is 293 g/mol. The quantitative estimate of drug-likeness (QED) is 0.887. The zero-order chi connectivity index (χ0) is 14.5. The molecule has 0 bridgehead atoms. The Hall–Kier alpha value is -1.88. The van der Waals surface area contributed by atoms with Gasteiger partial charge in [0, 0.05) is 17.3 Å². The fourth-order valence-corrected chi connectivity index (χ4v) is 2.29. The standard InChI is InChI=1S/C14H17ClN4O/c1-2-3-8-19(9-12(16)20)14-11-7-5-4-6-10(11)13(15)17-18-14/h4-7H,2-3,8-9H2,1H3,(H2,16,20). The highest BCUT2D eigenvalue weighted by molar-refractivity contribution is 6.34. The van der Waals surface area contributed by atoms with Crippen LogP contribution >= 0.6 is 11.6 Å². The van der Waals surface area contributed by atoms with Gasteiger partial charge in [0.2, 0.25) is 5.91 Å². The van der Waals surface area contributed by atoms with E-state index in [1.165, 1.54) is 0 Å². The number of nitrogens with zero attached hydrogens (tertiary/aromatic N) is 3. The van der Waals surface area contributed by atoms with Crippen molar-refractivity contribution in [2.45, 2.75) is 19.8 Å². The van der Waals surface area contributed by atoms with Gasteiger partial charge in [-0.25, -0.2) is 0 Å². The Bertz CT molecular complexity index is 617. The molecule has 20 heavy (non-hydrogen) atoms. The number of nitrogens with two attached hydrogens (primary N) is 1. The maximum Gasteiger partial charge on any atom is 0.236 e. The van der Waals surface area contributed by atoms with Crippen LogP contribution in [0.4, 0.5) is 5.82 Å². The van der Waals surface area contributed by atoms with Gasteiger partial charge in [0.1, 0.15) is 0 Å². The number of fused-ring (bicyclic) bond motifs is 1. The Morgan fingerprint density at radius 3 is 2.65 bits per heavy atom. The van der Waals surface area contributed by atoms with E-state index in [1.54, 1.807) is 0 Å². The van der Waals surface area contributed by atoms with E-state index in [1.807, 2.05) is 29.2 Å². The molecule has 2 rings (SSSR count). The van der Waals surface area contributed by atoms with Crippen LogP contribution in [0.2, 0.25) is 5.15 Å². The third-order valence-electron chi connectivity index (χ3n) is 3.05. The van der Waals surface area contributed by atoms with E-state index in [0.29, 0.717) is 17.5 Å². The van der Waals surface area contributed by atoms with E-state index in [-0.39, 0.29) is 12.5 Å². The van der Waals surface area contributed by atoms with Crippen molar-refractivity contribution >= 4 is 34.1 Å². The van der Waals surface area contributed by atoms with Gasteiger partial charge < -0.3 is 10.6 Å². The summed E-state index contributed by atoms with van der Waals surface area (Å²) >= 11 is 6.06. The molecular formula is C14H17ClN4O. The van der Waals surface area contributed by atoms with Crippen molar-refractivity contribution in [2.75, 3.05) is 18.0 Å². The minimum absolute atomic E-state index is 0.125. The van der Waals surface area contributed by atoms with Crippen molar-refractivity contribution in [1.82, 2.24) is 10.2 Å². The predicted molar refractivity (Wildman–Crippen MR) is 80.9 cm³/mol. The molecule has 1 heterocycles. The van der Waals surface area contributed by atoms with Gasteiger partial charge in [-0.05, 0) is 6.42 Å². The number of benzene rings is 1. The Morgan fingerprint density at radius 2 is 2.00 bits per heavy atom. The summed E-state index contributed by atoms with van der Waals surface area (Å²) in [6.07, 6.45) is 1.97. The van der Waals surface area contributed by atoms with Crippen molar-refractivity contribution in [2.24, 2.45) is 5.73 Å². The van der Waals surface area contributed by atoms with E-state index >= 15 is 0 Å². The second-order valence-corrected chi connectivity index (χ2v) is 4.96. The molecule has 2 aromatic rings. The fraction of sp³-hybridized carbons (Fsp3) is 0.357. The number of hydrogen-bond donors (Lipinski definition) is 1. The van der Waals surface area contributed by atoms with Gasteiger partial charge in [0.25, 0.3) is 0 Å². The molecule has 0 unspecified atom stereocenters. The van der Waals surface area contributed by atoms with E-state index < -0.39 is 0 Å². The molecular weight excluding hydrogens is 276 g/mol. The zero-order valence-corrected chi connectivity index (χ0v) is 12.1. The molecule has 0 aliphatic carbocycles. The molecule has 1 aromatic carbocycles. The third-order valence-corrected chi connectivity index (χ3v) is 3.33. The summed E-state index contributed by atoms with van der Waals surface area (Å²) in [5.74, 6) is 0.263. The molecule has 0 saturated carbocycles. The van der Waals surface area contributed by atoms with Crippen LogP contribution in [0.1, 0.15) is 19.8 Å². The molecule has 0 spiro atoms. The molecule has 1 aromatic heterocycles. The topological polar surface area (TPSA) is 72.1 Å². The first kappa shape index (κ1) is 14.5. The van der Waals surface area contributed by atoms with Gasteiger partial charge in [-0.2, -0.15) is 0 Å². The highest BCUT2D eigenvalue weighted by Gasteiger charge is 2.15. The minimum Gasteiger partial charge on any atom is -0.368 e. The molecule has 1 amide bonds. The van der Waals surface area contributed by atoms with Crippen LogP contribution in [0, 0.1) is 0 Å². The van der Waals surface area contributed by atoms with E-state index in [4.69, 9.17) is 17.3 Å². The number of halogens is 1. The lowest BCUT2D eigenvalue weighted by molar-refractivity contribution is -0.116. The van der Waals surface area contributed by atoms with Gasteiger partial charge in [-0.3, -0.25) is 4.79 Å². The lowest BCUT2D eigenvalue weighted by atomic mass is 10.1. The number of carbonyl (C=O) groups excluding carboxylic acids is 1. The molecule has 0 saturated heterocycles. The van der Waals surface area contributed by atoms with Crippen LogP contribution in [0.15, 0.2) is 24.3 Å². The van der Waals surface area contributed by atoms with Crippen LogP contribution in [-0.4, -0.2) is 29.2 Å². The Balaban J connectivity index is 2.46. The van der Waals surface area contributed by atoms with Crippen molar-refractivity contribution < 1.29 is 4.79 Å². The summed E-state index contributed by atoms with van der Waals surface area (Å²) in [6.45, 7) is 2.92.